The molecule has 2 aromatic rings. The molecule has 1 aliphatic heterocycles. The van der Waals surface area contributed by atoms with Gasteiger partial charge in [0.25, 0.3) is 5.91 Å². The molecule has 2 aromatic heterocycles. The first-order valence-corrected chi connectivity index (χ1v) is 8.45. The van der Waals surface area contributed by atoms with E-state index in [4.69, 9.17) is 16.3 Å². The number of rotatable bonds is 4. The summed E-state index contributed by atoms with van der Waals surface area (Å²) in [5, 5.41) is 4.28. The fourth-order valence-corrected chi connectivity index (χ4v) is 3.31. The molecule has 126 valence electrons. The van der Waals surface area contributed by atoms with E-state index in [-0.39, 0.29) is 11.7 Å². The summed E-state index contributed by atoms with van der Waals surface area (Å²) in [6.07, 6.45) is 5.19. The lowest BCUT2D eigenvalue weighted by molar-refractivity contribution is -0.142. The molecule has 1 saturated heterocycles. The Bertz CT molecular complexity index is 795. The molecule has 0 aliphatic carbocycles. The van der Waals surface area contributed by atoms with E-state index in [1.165, 1.54) is 24.0 Å². The first-order chi connectivity index (χ1) is 11.4. The van der Waals surface area contributed by atoms with Gasteiger partial charge >= 0.3 is 5.97 Å². The second-order valence-electron chi connectivity index (χ2n) is 5.44. The van der Waals surface area contributed by atoms with Gasteiger partial charge in [0, 0.05) is 32.1 Å². The van der Waals surface area contributed by atoms with Crippen molar-refractivity contribution in [2.45, 2.75) is 35.7 Å². The summed E-state index contributed by atoms with van der Waals surface area (Å²) in [4.78, 5) is 32.3. The van der Waals surface area contributed by atoms with Crippen molar-refractivity contribution in [2.24, 2.45) is 7.05 Å². The number of cyclic esters (lactones) is 1. The molecule has 0 bridgehead atoms. The molecule has 1 amide bonds. The Hall–Kier alpha value is -2.06. The van der Waals surface area contributed by atoms with Gasteiger partial charge in [0.1, 0.15) is 17.2 Å². The van der Waals surface area contributed by atoms with Crippen LogP contribution in [-0.4, -0.2) is 38.6 Å². The number of carbonyl (C=O) groups is 2. The Balaban J connectivity index is 1.71. The number of ether oxygens (including phenoxy) is 1. The Labute approximate surface area is 147 Å². The van der Waals surface area contributed by atoms with Crippen molar-refractivity contribution < 1.29 is 14.3 Å². The van der Waals surface area contributed by atoms with E-state index in [0.29, 0.717) is 16.5 Å². The molecule has 3 heterocycles. The summed E-state index contributed by atoms with van der Waals surface area (Å²) in [7, 11) is 1.87. The van der Waals surface area contributed by atoms with Crippen molar-refractivity contribution in [1.29, 1.82) is 0 Å². The van der Waals surface area contributed by atoms with Crippen LogP contribution in [-0.2, 0) is 16.6 Å². The highest BCUT2D eigenvalue weighted by Crippen LogP contribution is 2.30. The molecule has 0 saturated carbocycles. The van der Waals surface area contributed by atoms with E-state index >= 15 is 0 Å². The van der Waals surface area contributed by atoms with Crippen molar-refractivity contribution in [3.05, 3.63) is 35.2 Å². The molecule has 24 heavy (non-hydrogen) atoms. The predicted octanol–water partition coefficient (Wildman–Crippen LogP) is 2.05. The minimum Gasteiger partial charge on any atom is -0.461 e. The van der Waals surface area contributed by atoms with Gasteiger partial charge in [-0.3, -0.25) is 4.79 Å². The Morgan fingerprint density at radius 2 is 2.29 bits per heavy atom. The van der Waals surface area contributed by atoms with E-state index < -0.39 is 17.9 Å². The molecule has 0 spiro atoms. The fraction of sp³-hybridized carbons (Fsp3) is 0.333. The average Bonchev–Trinajstić information content (AvgIpc) is 3.07. The second kappa shape index (κ2) is 6.82. The number of carbonyl (C=O) groups excluding carboxylic acids is 2. The molecule has 1 N–H and O–H groups in total. The van der Waals surface area contributed by atoms with E-state index in [1.54, 1.807) is 13.1 Å². The van der Waals surface area contributed by atoms with Crippen LogP contribution in [0.4, 0.5) is 0 Å². The van der Waals surface area contributed by atoms with Gasteiger partial charge < -0.3 is 14.6 Å². The van der Waals surface area contributed by atoms with Gasteiger partial charge in [0.15, 0.2) is 5.16 Å². The molecule has 1 aliphatic rings. The van der Waals surface area contributed by atoms with Crippen molar-refractivity contribution in [2.75, 3.05) is 0 Å². The summed E-state index contributed by atoms with van der Waals surface area (Å²) in [5.74, 6) is -0.828. The number of pyridine rings is 1. The number of nitrogens with zero attached hydrogens (tertiary/aromatic N) is 3. The number of esters is 1. The fourth-order valence-electron chi connectivity index (χ4n) is 2.28. The molecule has 0 aromatic carbocycles. The third kappa shape index (κ3) is 3.54. The molecule has 0 radical (unpaired) electrons. The summed E-state index contributed by atoms with van der Waals surface area (Å²) >= 11 is 7.52. The maximum absolute atomic E-state index is 12.2. The smallest absolute Gasteiger partial charge is 0.329 e. The first kappa shape index (κ1) is 16.8. The molecule has 9 heteroatoms. The molecule has 0 unspecified atom stereocenters. The molecule has 2 atom stereocenters. The standard InChI is InChI=1S/C15H15ClN4O3S/c1-8-5-11(14(22)23-8)19-12(21)9-6-10(16)13(18-7-9)24-15-17-3-4-20(15)2/h3-4,6-8,11H,5H2,1-2H3,(H,19,21)/t8-,11+/m1/s1. The van der Waals surface area contributed by atoms with Crippen LogP contribution < -0.4 is 5.32 Å². The van der Waals surface area contributed by atoms with E-state index in [0.717, 1.165) is 5.16 Å². The lowest BCUT2D eigenvalue weighted by Gasteiger charge is -2.10. The monoisotopic (exact) mass is 366 g/mol. The van der Waals surface area contributed by atoms with Gasteiger partial charge in [-0.2, -0.15) is 0 Å². The summed E-state index contributed by atoms with van der Waals surface area (Å²) in [6, 6.07) is 0.895. The molecular weight excluding hydrogens is 352 g/mol. The number of amides is 1. The van der Waals surface area contributed by atoms with Crippen LogP contribution in [0.2, 0.25) is 5.02 Å². The Kier molecular flexibility index (Phi) is 4.77. The molecule has 1 fully saturated rings. The van der Waals surface area contributed by atoms with Gasteiger partial charge in [-0.15, -0.1) is 0 Å². The van der Waals surface area contributed by atoms with Crippen molar-refractivity contribution in [3.63, 3.8) is 0 Å². The maximum atomic E-state index is 12.2. The van der Waals surface area contributed by atoms with Gasteiger partial charge in [-0.05, 0) is 24.8 Å². The van der Waals surface area contributed by atoms with Crippen LogP contribution in [0.15, 0.2) is 34.8 Å². The number of aromatic nitrogens is 3. The Morgan fingerprint density at radius 1 is 1.50 bits per heavy atom. The number of nitrogens with one attached hydrogen (secondary N) is 1. The predicted molar refractivity (Wildman–Crippen MR) is 88.0 cm³/mol. The summed E-state index contributed by atoms with van der Waals surface area (Å²) < 4.78 is 6.86. The molecule has 3 rings (SSSR count). The first-order valence-electron chi connectivity index (χ1n) is 7.26. The number of halogens is 1. The highest BCUT2D eigenvalue weighted by molar-refractivity contribution is 7.99. The highest BCUT2D eigenvalue weighted by atomic mass is 35.5. The number of hydrogen-bond acceptors (Lipinski definition) is 6. The largest absolute Gasteiger partial charge is 0.461 e. The average molecular weight is 367 g/mol. The minimum atomic E-state index is -0.632. The summed E-state index contributed by atoms with van der Waals surface area (Å²) in [6.45, 7) is 1.78. The van der Waals surface area contributed by atoms with Crippen LogP contribution in [0.3, 0.4) is 0 Å². The van der Waals surface area contributed by atoms with Gasteiger partial charge in [0.05, 0.1) is 10.6 Å². The van der Waals surface area contributed by atoms with Crippen LogP contribution in [0, 0.1) is 0 Å². The topological polar surface area (TPSA) is 86.1 Å². The lowest BCUT2D eigenvalue weighted by Crippen LogP contribution is -2.38. The lowest BCUT2D eigenvalue weighted by atomic mass is 10.1. The number of aryl methyl sites for hydroxylation is 1. The van der Waals surface area contributed by atoms with Gasteiger partial charge in [-0.25, -0.2) is 14.8 Å². The summed E-state index contributed by atoms with van der Waals surface area (Å²) in [5.41, 5.74) is 0.288. The van der Waals surface area contributed by atoms with Crippen LogP contribution in [0.1, 0.15) is 23.7 Å². The normalized spacial score (nSPS) is 20.0. The Morgan fingerprint density at radius 3 is 2.88 bits per heavy atom. The van der Waals surface area contributed by atoms with E-state index in [9.17, 15) is 9.59 Å². The third-order valence-electron chi connectivity index (χ3n) is 3.51. The van der Waals surface area contributed by atoms with E-state index in [1.807, 2.05) is 17.8 Å². The number of hydrogen-bond donors (Lipinski definition) is 1. The van der Waals surface area contributed by atoms with Crippen LogP contribution in [0.25, 0.3) is 0 Å². The van der Waals surface area contributed by atoms with E-state index in [2.05, 4.69) is 15.3 Å². The van der Waals surface area contributed by atoms with Crippen molar-refractivity contribution >= 4 is 35.2 Å². The van der Waals surface area contributed by atoms with Crippen molar-refractivity contribution in [3.8, 4) is 0 Å². The SMILES string of the molecule is C[C@@H]1C[C@H](NC(=O)c2cnc(Sc3nccn3C)c(Cl)c2)C(=O)O1. The molecular formula is C15H15ClN4O3S. The third-order valence-corrected chi connectivity index (χ3v) is 5.00. The minimum absolute atomic E-state index is 0.193. The quantitative estimate of drug-likeness (QED) is 0.833. The van der Waals surface area contributed by atoms with Gasteiger partial charge in [-0.1, -0.05) is 11.6 Å². The number of imidazole rings is 1. The zero-order valence-corrected chi connectivity index (χ0v) is 14.6. The van der Waals surface area contributed by atoms with Gasteiger partial charge in [0.2, 0.25) is 0 Å². The van der Waals surface area contributed by atoms with Crippen LogP contribution in [0.5, 0.6) is 0 Å². The zero-order valence-electron chi connectivity index (χ0n) is 13.0. The highest BCUT2D eigenvalue weighted by Gasteiger charge is 2.33. The molecule has 7 nitrogen and oxygen atoms in total. The second-order valence-corrected chi connectivity index (χ2v) is 6.81. The van der Waals surface area contributed by atoms with Crippen LogP contribution >= 0.6 is 23.4 Å². The zero-order chi connectivity index (χ0) is 17.3. The van der Waals surface area contributed by atoms with Crippen molar-refractivity contribution in [1.82, 2.24) is 19.9 Å². The maximum Gasteiger partial charge on any atom is 0.329 e.